The van der Waals surface area contributed by atoms with Crippen molar-refractivity contribution >= 4 is 34.7 Å². The maximum atomic E-state index is 15.3. The number of allylic oxidation sites excluding steroid dienone is 2. The predicted octanol–water partition coefficient (Wildman–Crippen LogP) is 2.36. The van der Waals surface area contributed by atoms with Gasteiger partial charge in [0.2, 0.25) is 11.6 Å². The second kappa shape index (κ2) is 11.6. The lowest BCUT2D eigenvalue weighted by Gasteiger charge is -2.38. The van der Waals surface area contributed by atoms with Crippen molar-refractivity contribution in [3.63, 3.8) is 0 Å². The molecule has 2 aliphatic carbocycles. The van der Waals surface area contributed by atoms with Crippen molar-refractivity contribution in [2.45, 2.75) is 25.3 Å². The molecule has 2 fully saturated rings. The van der Waals surface area contributed by atoms with Crippen molar-refractivity contribution in [3.05, 3.63) is 75.2 Å². The minimum absolute atomic E-state index is 0.0180. The second-order valence-corrected chi connectivity index (χ2v) is 11.2. The van der Waals surface area contributed by atoms with Crippen LogP contribution in [0.15, 0.2) is 53.1 Å². The highest BCUT2D eigenvalue weighted by Gasteiger charge is 2.43. The third-order valence-electron chi connectivity index (χ3n) is 8.57. The number of carboxylic acids is 1. The monoisotopic (exact) mass is 590 g/mol. The molecule has 13 heteroatoms. The lowest BCUT2D eigenvalue weighted by molar-refractivity contribution is -0.139. The van der Waals surface area contributed by atoms with Crippen LogP contribution < -0.4 is 20.5 Å². The second-order valence-electron chi connectivity index (χ2n) is 11.2. The zero-order chi connectivity index (χ0) is 30.2. The molecule has 6 rings (SSSR count). The Morgan fingerprint density at radius 2 is 1.63 bits per heavy atom. The smallest absolute Gasteiger partial charge is 0.316 e. The molecule has 2 aromatic rings. The first kappa shape index (κ1) is 28.5. The number of nitroso groups, excluding NO2 is 1. The number of rotatable bonds is 10. The molecule has 2 aliphatic heterocycles. The molecule has 1 saturated heterocycles. The van der Waals surface area contributed by atoms with Crippen LogP contribution in [0.5, 0.6) is 0 Å². The summed E-state index contributed by atoms with van der Waals surface area (Å²) < 4.78 is 15.3. The summed E-state index contributed by atoms with van der Waals surface area (Å²) in [6.45, 7) is 3.62. The molecule has 0 bridgehead atoms. The molecule has 0 spiro atoms. The molecule has 1 saturated carbocycles. The van der Waals surface area contributed by atoms with Gasteiger partial charge in [-0.3, -0.25) is 24.1 Å². The fourth-order valence-corrected chi connectivity index (χ4v) is 6.14. The van der Waals surface area contributed by atoms with Gasteiger partial charge in [-0.2, -0.15) is 0 Å². The Bertz CT molecular complexity index is 1550. The molecule has 224 valence electrons. The number of carboxylic acid groups (broad SMARTS) is 1. The number of hydrogen-bond donors (Lipinski definition) is 3. The van der Waals surface area contributed by atoms with Gasteiger partial charge in [0.25, 0.3) is 0 Å². The van der Waals surface area contributed by atoms with Gasteiger partial charge in [0.15, 0.2) is 5.78 Å². The van der Waals surface area contributed by atoms with Gasteiger partial charge in [-0.15, -0.1) is 4.91 Å². The molecule has 4 aliphatic rings. The molecule has 43 heavy (non-hydrogen) atoms. The maximum absolute atomic E-state index is 15.3. The fraction of sp³-hybridized carbons (Fsp3) is 0.400. The van der Waals surface area contributed by atoms with Crippen molar-refractivity contribution < 1.29 is 28.7 Å². The number of carbonyl (C=O) groups excluding carboxylic acids is 3. The number of hydrogen-bond acceptors (Lipinski definition) is 10. The summed E-state index contributed by atoms with van der Waals surface area (Å²) in [7, 11) is 0. The van der Waals surface area contributed by atoms with E-state index in [4.69, 9.17) is 0 Å². The molecule has 2 heterocycles. The largest absolute Gasteiger partial charge is 0.481 e. The van der Waals surface area contributed by atoms with Crippen LogP contribution >= 0.6 is 0 Å². The van der Waals surface area contributed by atoms with Crippen LogP contribution in [0, 0.1) is 16.6 Å². The number of benzene rings is 2. The molecule has 1 atom stereocenters. The molecule has 3 N–H and O–H groups in total. The Morgan fingerprint density at radius 1 is 0.953 bits per heavy atom. The Morgan fingerprint density at radius 3 is 2.26 bits per heavy atom. The minimum atomic E-state index is -1.19. The third-order valence-corrected chi connectivity index (χ3v) is 8.57. The van der Waals surface area contributed by atoms with Crippen molar-refractivity contribution in [2.24, 2.45) is 11.2 Å². The summed E-state index contributed by atoms with van der Waals surface area (Å²) in [5.41, 5.74) is 3.62. The molecule has 0 amide bonds. The summed E-state index contributed by atoms with van der Waals surface area (Å²) in [5.74, 6) is -4.33. The fourth-order valence-electron chi connectivity index (χ4n) is 6.14. The van der Waals surface area contributed by atoms with Gasteiger partial charge >= 0.3 is 5.97 Å². The number of nitrogens with one attached hydrogen (secondary N) is 2. The number of piperazine rings is 1. The van der Waals surface area contributed by atoms with Crippen LogP contribution in [-0.4, -0.2) is 85.2 Å². The van der Waals surface area contributed by atoms with Crippen LogP contribution in [0.3, 0.4) is 0 Å². The van der Waals surface area contributed by atoms with E-state index in [1.54, 1.807) is 24.3 Å². The first-order chi connectivity index (χ1) is 20.8. The zero-order valence-corrected chi connectivity index (χ0v) is 23.3. The van der Waals surface area contributed by atoms with E-state index in [-0.39, 0.29) is 46.5 Å². The van der Waals surface area contributed by atoms with Crippen molar-refractivity contribution in [2.75, 3.05) is 55.6 Å². The molecular formula is C30H31FN6O6. The highest BCUT2D eigenvalue weighted by Crippen LogP contribution is 2.41. The topological polar surface area (TPSA) is 152 Å². The molecule has 2 aromatic carbocycles. The van der Waals surface area contributed by atoms with Gasteiger partial charge in [0.1, 0.15) is 23.1 Å². The summed E-state index contributed by atoms with van der Waals surface area (Å²) in [6.07, 6.45) is 2.48. The average molecular weight is 591 g/mol. The Labute approximate surface area is 246 Å². The van der Waals surface area contributed by atoms with Gasteiger partial charge in [0, 0.05) is 62.0 Å². The summed E-state index contributed by atoms with van der Waals surface area (Å²) >= 11 is 0. The van der Waals surface area contributed by atoms with Crippen LogP contribution in [0.2, 0.25) is 0 Å². The number of halogens is 1. The minimum Gasteiger partial charge on any atom is -0.481 e. The van der Waals surface area contributed by atoms with Gasteiger partial charge in [-0.05, 0) is 37.9 Å². The predicted molar refractivity (Wildman–Crippen MR) is 155 cm³/mol. The van der Waals surface area contributed by atoms with Crippen molar-refractivity contribution in [1.82, 2.24) is 15.6 Å². The summed E-state index contributed by atoms with van der Waals surface area (Å²) in [6, 6.07) is 9.49. The zero-order valence-electron chi connectivity index (χ0n) is 23.3. The number of nitrogens with zero attached hydrogens (tertiary/aromatic N) is 4. The normalized spacial score (nSPS) is 20.6. The van der Waals surface area contributed by atoms with E-state index in [2.05, 4.69) is 20.9 Å². The van der Waals surface area contributed by atoms with Gasteiger partial charge in [-0.25, -0.2) is 9.82 Å². The van der Waals surface area contributed by atoms with E-state index in [1.165, 1.54) is 12.1 Å². The van der Waals surface area contributed by atoms with Crippen LogP contribution in [0.4, 0.5) is 15.8 Å². The Kier molecular flexibility index (Phi) is 7.65. The first-order valence-corrected chi connectivity index (χ1v) is 14.4. The lowest BCUT2D eigenvalue weighted by atomic mass is 9.90. The molecule has 12 nitrogen and oxygen atoms in total. The molecular weight excluding hydrogens is 559 g/mol. The quantitative estimate of drug-likeness (QED) is 0.162. The number of ketones is 3. The lowest BCUT2D eigenvalue weighted by Crippen LogP contribution is -2.48. The summed E-state index contributed by atoms with van der Waals surface area (Å²) in [5, 5.41) is 15.2. The number of carbonyl (C=O) groups is 4. The van der Waals surface area contributed by atoms with Crippen LogP contribution in [0.25, 0.3) is 0 Å². The van der Waals surface area contributed by atoms with Gasteiger partial charge in [0.05, 0.1) is 16.7 Å². The number of fused-ring (bicyclic) bond motifs is 2. The SMILES string of the molecule is O=NNC1=C(NCCCN2CCN(c3cc4c(cc3F)C(=O)C(C(=O)O)CN4C3CC3)CC2)C(=O)c2ccccc2C1=O. The van der Waals surface area contributed by atoms with E-state index < -0.39 is 29.3 Å². The Hall–Kier alpha value is -4.65. The first-order valence-electron chi connectivity index (χ1n) is 14.4. The van der Waals surface area contributed by atoms with Gasteiger partial charge < -0.3 is 20.2 Å². The number of Topliss-reactive ketones (excluding diaryl/α,β-unsaturated/α-hetero) is 3. The van der Waals surface area contributed by atoms with Crippen LogP contribution in [0.1, 0.15) is 50.3 Å². The number of aliphatic carboxylic acids is 1. The van der Waals surface area contributed by atoms with Gasteiger partial charge in [-0.1, -0.05) is 24.3 Å². The molecule has 0 radical (unpaired) electrons. The highest BCUT2D eigenvalue weighted by molar-refractivity contribution is 6.26. The van der Waals surface area contributed by atoms with E-state index in [0.717, 1.165) is 12.8 Å². The number of anilines is 2. The van der Waals surface area contributed by atoms with E-state index in [1.807, 2.05) is 9.80 Å². The van der Waals surface area contributed by atoms with E-state index >= 15 is 4.39 Å². The van der Waals surface area contributed by atoms with E-state index in [0.29, 0.717) is 57.1 Å². The van der Waals surface area contributed by atoms with E-state index in [9.17, 15) is 29.2 Å². The van der Waals surface area contributed by atoms with Crippen molar-refractivity contribution in [1.29, 1.82) is 0 Å². The summed E-state index contributed by atoms with van der Waals surface area (Å²) in [4.78, 5) is 67.3. The third kappa shape index (κ3) is 5.36. The molecule has 1 unspecified atom stereocenters. The van der Waals surface area contributed by atoms with Crippen LogP contribution in [-0.2, 0) is 4.79 Å². The van der Waals surface area contributed by atoms with Crippen molar-refractivity contribution in [3.8, 4) is 0 Å². The average Bonchev–Trinajstić information content (AvgIpc) is 3.85. The standard InChI is InChI=1S/C30H31FN6O6/c31-22-14-20-23(37(17-6-7-17)16-21(27(20)38)30(41)42)15-24(22)36-12-10-35(11-13-36)9-3-8-32-25-26(33-34-43)29(40)19-5-2-1-4-18(19)28(25)39/h1-2,4-5,14-15,17,21,32H,3,6-13,16H2,(H,33,43)(H,41,42). The maximum Gasteiger partial charge on any atom is 0.316 e. The highest BCUT2D eigenvalue weighted by atomic mass is 19.1. The molecule has 0 aromatic heterocycles. The Balaban J connectivity index is 1.06.